The highest BCUT2D eigenvalue weighted by Crippen LogP contribution is 2.33. The topological polar surface area (TPSA) is 81.5 Å². The van der Waals surface area contributed by atoms with Gasteiger partial charge in [0.2, 0.25) is 0 Å². The van der Waals surface area contributed by atoms with Crippen molar-refractivity contribution in [2.24, 2.45) is 0 Å². The fraction of sp³-hybridized carbons (Fsp3) is 0.188. The molecule has 0 aliphatic carbocycles. The Balaban J connectivity index is 2.05. The lowest BCUT2D eigenvalue weighted by Gasteiger charge is -2.12. The van der Waals surface area contributed by atoms with Gasteiger partial charge in [-0.05, 0) is 36.8 Å². The van der Waals surface area contributed by atoms with E-state index in [1.54, 1.807) is 6.92 Å². The third kappa shape index (κ3) is 4.85. The summed E-state index contributed by atoms with van der Waals surface area (Å²) in [7, 11) is 0. The van der Waals surface area contributed by atoms with Crippen LogP contribution in [0.25, 0.3) is 0 Å². The second kappa shape index (κ2) is 7.61. The number of halogens is 4. The second-order valence-electron chi connectivity index (χ2n) is 5.24. The Morgan fingerprint density at radius 2 is 1.96 bits per heavy atom. The summed E-state index contributed by atoms with van der Waals surface area (Å²) in [5.41, 5.74) is -0.848. The first-order valence-corrected chi connectivity index (χ1v) is 7.50. The number of rotatable bonds is 5. The van der Waals surface area contributed by atoms with E-state index in [9.17, 15) is 28.1 Å². The van der Waals surface area contributed by atoms with Crippen LogP contribution in [0.2, 0.25) is 5.02 Å². The van der Waals surface area contributed by atoms with Gasteiger partial charge in [0.05, 0.1) is 21.2 Å². The van der Waals surface area contributed by atoms with Crippen LogP contribution in [0.3, 0.4) is 0 Å². The van der Waals surface area contributed by atoms with Crippen molar-refractivity contribution in [3.05, 3.63) is 62.7 Å². The quantitative estimate of drug-likeness (QED) is 0.600. The molecule has 138 valence electrons. The highest BCUT2D eigenvalue weighted by atomic mass is 35.5. The highest BCUT2D eigenvalue weighted by molar-refractivity contribution is 6.33. The van der Waals surface area contributed by atoms with Gasteiger partial charge in [0.25, 0.3) is 11.6 Å². The number of hydrogen-bond donors (Lipinski definition) is 1. The fourth-order valence-electron chi connectivity index (χ4n) is 2.04. The van der Waals surface area contributed by atoms with Crippen molar-refractivity contribution in [2.75, 3.05) is 11.9 Å². The van der Waals surface area contributed by atoms with E-state index in [1.165, 1.54) is 18.2 Å². The normalized spacial score (nSPS) is 11.1. The average molecular weight is 389 g/mol. The first kappa shape index (κ1) is 19.5. The molecule has 0 aliphatic rings. The number of alkyl halides is 3. The van der Waals surface area contributed by atoms with Crippen molar-refractivity contribution in [1.82, 2.24) is 0 Å². The van der Waals surface area contributed by atoms with Crippen molar-refractivity contribution < 1.29 is 27.6 Å². The van der Waals surface area contributed by atoms with Crippen molar-refractivity contribution in [3.8, 4) is 5.75 Å². The zero-order valence-corrected chi connectivity index (χ0v) is 14.0. The predicted molar refractivity (Wildman–Crippen MR) is 88.4 cm³/mol. The SMILES string of the molecule is Cc1cc([N+](=O)[O-])ccc1OCC(=O)Nc1cc(C(F)(F)F)ccc1Cl. The van der Waals surface area contributed by atoms with Crippen LogP contribution >= 0.6 is 11.6 Å². The van der Waals surface area contributed by atoms with Crippen molar-refractivity contribution in [3.63, 3.8) is 0 Å². The maximum Gasteiger partial charge on any atom is 0.416 e. The Hall–Kier alpha value is -2.81. The van der Waals surface area contributed by atoms with Crippen LogP contribution in [0.5, 0.6) is 5.75 Å². The summed E-state index contributed by atoms with van der Waals surface area (Å²) in [6.07, 6.45) is -4.57. The van der Waals surface area contributed by atoms with E-state index in [1.807, 2.05) is 0 Å². The minimum absolute atomic E-state index is 0.0575. The molecule has 6 nitrogen and oxygen atoms in total. The van der Waals surface area contributed by atoms with Crippen LogP contribution in [-0.2, 0) is 11.0 Å². The minimum atomic E-state index is -4.57. The molecule has 1 amide bonds. The minimum Gasteiger partial charge on any atom is -0.483 e. The lowest BCUT2D eigenvalue weighted by Crippen LogP contribution is -2.21. The zero-order chi connectivity index (χ0) is 19.5. The summed E-state index contributed by atoms with van der Waals surface area (Å²) >= 11 is 5.79. The first-order valence-electron chi connectivity index (χ1n) is 7.12. The number of amides is 1. The van der Waals surface area contributed by atoms with Crippen LogP contribution < -0.4 is 10.1 Å². The molecule has 0 bridgehead atoms. The van der Waals surface area contributed by atoms with Crippen LogP contribution in [-0.4, -0.2) is 17.4 Å². The Morgan fingerprint density at radius 1 is 1.27 bits per heavy atom. The van der Waals surface area contributed by atoms with Gasteiger partial charge in [0, 0.05) is 12.1 Å². The standard InChI is InChI=1S/C16H12ClF3N2O4/c1-9-6-11(22(24)25)3-5-14(9)26-8-15(23)21-13-7-10(16(18,19)20)2-4-12(13)17/h2-7H,8H2,1H3,(H,21,23). The van der Waals surface area contributed by atoms with Crippen LogP contribution in [0.15, 0.2) is 36.4 Å². The molecule has 10 heteroatoms. The molecule has 0 aliphatic heterocycles. The molecule has 2 aromatic rings. The number of benzene rings is 2. The number of nitro groups is 1. The van der Waals surface area contributed by atoms with E-state index in [4.69, 9.17) is 16.3 Å². The number of carbonyl (C=O) groups is 1. The number of hydrogen-bond acceptors (Lipinski definition) is 4. The van der Waals surface area contributed by atoms with E-state index in [2.05, 4.69) is 5.32 Å². The molecule has 0 radical (unpaired) electrons. The van der Waals surface area contributed by atoms with Gasteiger partial charge in [-0.2, -0.15) is 13.2 Å². The van der Waals surface area contributed by atoms with E-state index in [-0.39, 0.29) is 22.1 Å². The third-order valence-corrected chi connectivity index (χ3v) is 3.63. The number of ether oxygens (including phenoxy) is 1. The summed E-state index contributed by atoms with van der Waals surface area (Å²) in [5.74, 6) is -0.495. The first-order chi connectivity index (χ1) is 12.1. The van der Waals surface area contributed by atoms with E-state index >= 15 is 0 Å². The number of carbonyl (C=O) groups excluding carboxylic acids is 1. The smallest absolute Gasteiger partial charge is 0.416 e. The lowest BCUT2D eigenvalue weighted by atomic mass is 10.2. The Kier molecular flexibility index (Phi) is 5.71. The molecule has 0 aromatic heterocycles. The van der Waals surface area contributed by atoms with Crippen LogP contribution in [0, 0.1) is 17.0 Å². The molecule has 26 heavy (non-hydrogen) atoms. The van der Waals surface area contributed by atoms with Crippen molar-refractivity contribution in [2.45, 2.75) is 13.1 Å². The largest absolute Gasteiger partial charge is 0.483 e. The molecule has 2 aromatic carbocycles. The number of nitrogens with zero attached hydrogens (tertiary/aromatic N) is 1. The predicted octanol–water partition coefficient (Wildman–Crippen LogP) is 4.59. The van der Waals surface area contributed by atoms with Crippen LogP contribution in [0.4, 0.5) is 24.5 Å². The molecule has 0 heterocycles. The molecule has 0 saturated carbocycles. The summed E-state index contributed by atoms with van der Waals surface area (Å²) in [6, 6.07) is 6.37. The van der Waals surface area contributed by atoms with E-state index < -0.39 is 29.2 Å². The molecule has 0 unspecified atom stereocenters. The second-order valence-corrected chi connectivity index (χ2v) is 5.64. The molecular formula is C16H12ClF3N2O4. The average Bonchev–Trinajstić information content (AvgIpc) is 2.54. The maximum absolute atomic E-state index is 12.7. The van der Waals surface area contributed by atoms with Gasteiger partial charge >= 0.3 is 6.18 Å². The third-order valence-electron chi connectivity index (χ3n) is 3.30. The fourth-order valence-corrected chi connectivity index (χ4v) is 2.20. The number of non-ortho nitro benzene ring substituents is 1. The summed E-state index contributed by atoms with van der Waals surface area (Å²) in [6.45, 7) is 1.05. The van der Waals surface area contributed by atoms with Crippen molar-refractivity contribution >= 4 is 28.9 Å². The van der Waals surface area contributed by atoms with Crippen molar-refractivity contribution in [1.29, 1.82) is 0 Å². The number of anilines is 1. The molecule has 0 atom stereocenters. The summed E-state index contributed by atoms with van der Waals surface area (Å²) < 4.78 is 43.4. The van der Waals surface area contributed by atoms with Crippen LogP contribution in [0.1, 0.15) is 11.1 Å². The molecule has 0 saturated heterocycles. The number of aryl methyl sites for hydroxylation is 1. The Morgan fingerprint density at radius 3 is 2.54 bits per heavy atom. The molecule has 0 fully saturated rings. The molecule has 1 N–H and O–H groups in total. The van der Waals surface area contributed by atoms with Gasteiger partial charge in [-0.25, -0.2) is 0 Å². The summed E-state index contributed by atoms with van der Waals surface area (Å²) in [4.78, 5) is 22.0. The van der Waals surface area contributed by atoms with Gasteiger partial charge in [-0.1, -0.05) is 11.6 Å². The molecular weight excluding hydrogens is 377 g/mol. The molecule has 2 rings (SSSR count). The van der Waals surface area contributed by atoms with E-state index in [0.29, 0.717) is 5.56 Å². The Bertz CT molecular complexity index is 856. The molecule has 0 spiro atoms. The van der Waals surface area contributed by atoms with Gasteiger partial charge in [-0.15, -0.1) is 0 Å². The number of nitrogens with one attached hydrogen (secondary N) is 1. The lowest BCUT2D eigenvalue weighted by molar-refractivity contribution is -0.384. The van der Waals surface area contributed by atoms with Gasteiger partial charge in [0.1, 0.15) is 5.75 Å². The maximum atomic E-state index is 12.7. The van der Waals surface area contributed by atoms with Gasteiger partial charge in [-0.3, -0.25) is 14.9 Å². The van der Waals surface area contributed by atoms with Gasteiger partial charge < -0.3 is 10.1 Å². The highest BCUT2D eigenvalue weighted by Gasteiger charge is 2.31. The summed E-state index contributed by atoms with van der Waals surface area (Å²) in [5, 5.41) is 12.9. The van der Waals surface area contributed by atoms with E-state index in [0.717, 1.165) is 18.2 Å². The number of nitro benzene ring substituents is 1. The van der Waals surface area contributed by atoms with Gasteiger partial charge in [0.15, 0.2) is 6.61 Å². The Labute approximate surface area is 150 Å². The monoisotopic (exact) mass is 388 g/mol. The zero-order valence-electron chi connectivity index (χ0n) is 13.3.